The minimum Gasteiger partial charge on any atom is -0.349 e. The van der Waals surface area contributed by atoms with E-state index in [0.717, 1.165) is 19.3 Å². The third-order valence-electron chi connectivity index (χ3n) is 3.68. The third-order valence-corrected chi connectivity index (χ3v) is 3.68. The van der Waals surface area contributed by atoms with Crippen LogP contribution in [0.3, 0.4) is 0 Å². The molecule has 0 aliphatic rings. The summed E-state index contributed by atoms with van der Waals surface area (Å²) in [4.78, 5) is 11.9. The zero-order chi connectivity index (χ0) is 15.0. The molecule has 3 nitrogen and oxygen atoms in total. The molecule has 112 valence electrons. The van der Waals surface area contributed by atoms with Gasteiger partial charge >= 0.3 is 0 Å². The first-order valence-electron chi connectivity index (χ1n) is 7.32. The van der Waals surface area contributed by atoms with Crippen LogP contribution < -0.4 is 11.1 Å². The maximum atomic E-state index is 13.6. The first kappa shape index (κ1) is 16.6. The molecule has 1 aromatic carbocycles. The van der Waals surface area contributed by atoms with Gasteiger partial charge in [0.15, 0.2) is 0 Å². The number of hydrogen-bond acceptors (Lipinski definition) is 2. The van der Waals surface area contributed by atoms with Crippen molar-refractivity contribution in [2.24, 2.45) is 11.7 Å². The average molecular weight is 280 g/mol. The Morgan fingerprint density at radius 1 is 1.35 bits per heavy atom. The number of hydrogen-bond donors (Lipinski definition) is 2. The topological polar surface area (TPSA) is 55.1 Å². The Hall–Kier alpha value is -1.42. The SMILES string of the molecule is CCC(CCN)CCC(=O)NC(C)c1ccccc1F. The molecule has 4 heteroatoms. The minimum absolute atomic E-state index is 0.0313. The van der Waals surface area contributed by atoms with Gasteiger partial charge in [-0.05, 0) is 38.3 Å². The number of nitrogens with two attached hydrogens (primary N) is 1. The fraction of sp³-hybridized carbons (Fsp3) is 0.562. The standard InChI is InChI=1S/C16H25FN2O/c1-3-13(10-11-18)8-9-16(20)19-12(2)14-6-4-5-7-15(14)17/h4-7,12-13H,3,8-11,18H2,1-2H3,(H,19,20). The van der Waals surface area contributed by atoms with Crippen molar-refractivity contribution in [1.82, 2.24) is 5.32 Å². The molecule has 0 aromatic heterocycles. The highest BCUT2D eigenvalue weighted by molar-refractivity contribution is 5.76. The zero-order valence-corrected chi connectivity index (χ0v) is 12.4. The van der Waals surface area contributed by atoms with Crippen LogP contribution >= 0.6 is 0 Å². The lowest BCUT2D eigenvalue weighted by atomic mass is 9.96. The van der Waals surface area contributed by atoms with Gasteiger partial charge in [-0.15, -0.1) is 0 Å². The first-order chi connectivity index (χ1) is 9.58. The lowest BCUT2D eigenvalue weighted by Crippen LogP contribution is -2.27. The number of benzene rings is 1. The number of rotatable bonds is 8. The highest BCUT2D eigenvalue weighted by Crippen LogP contribution is 2.18. The minimum atomic E-state index is -0.307. The molecule has 2 unspecified atom stereocenters. The largest absolute Gasteiger partial charge is 0.349 e. The molecule has 1 rings (SSSR count). The lowest BCUT2D eigenvalue weighted by molar-refractivity contribution is -0.122. The summed E-state index contributed by atoms with van der Waals surface area (Å²) < 4.78 is 13.6. The van der Waals surface area contributed by atoms with Crippen LogP contribution in [-0.4, -0.2) is 12.5 Å². The van der Waals surface area contributed by atoms with Gasteiger partial charge in [0.25, 0.3) is 0 Å². The van der Waals surface area contributed by atoms with E-state index in [0.29, 0.717) is 24.4 Å². The molecular weight excluding hydrogens is 255 g/mol. The molecule has 0 spiro atoms. The molecule has 3 N–H and O–H groups in total. The zero-order valence-electron chi connectivity index (χ0n) is 12.4. The van der Waals surface area contributed by atoms with Crippen LogP contribution in [-0.2, 0) is 4.79 Å². The Morgan fingerprint density at radius 3 is 2.65 bits per heavy atom. The van der Waals surface area contributed by atoms with Crippen molar-refractivity contribution in [2.45, 2.75) is 45.6 Å². The molecular formula is C16H25FN2O. The maximum Gasteiger partial charge on any atom is 0.220 e. The highest BCUT2D eigenvalue weighted by atomic mass is 19.1. The van der Waals surface area contributed by atoms with Crippen molar-refractivity contribution < 1.29 is 9.18 Å². The van der Waals surface area contributed by atoms with Crippen molar-refractivity contribution in [3.63, 3.8) is 0 Å². The highest BCUT2D eigenvalue weighted by Gasteiger charge is 2.14. The second-order valence-electron chi connectivity index (χ2n) is 5.20. The van der Waals surface area contributed by atoms with Crippen LogP contribution in [0.2, 0.25) is 0 Å². The maximum absolute atomic E-state index is 13.6. The Kier molecular flexibility index (Phi) is 7.23. The Labute approximate surface area is 120 Å². The van der Waals surface area contributed by atoms with Crippen molar-refractivity contribution in [1.29, 1.82) is 0 Å². The van der Waals surface area contributed by atoms with Crippen LogP contribution in [0.5, 0.6) is 0 Å². The van der Waals surface area contributed by atoms with Gasteiger partial charge in [0.05, 0.1) is 6.04 Å². The summed E-state index contributed by atoms with van der Waals surface area (Å²) >= 11 is 0. The predicted molar refractivity (Wildman–Crippen MR) is 79.6 cm³/mol. The van der Waals surface area contributed by atoms with E-state index in [-0.39, 0.29) is 17.8 Å². The van der Waals surface area contributed by atoms with Crippen molar-refractivity contribution >= 4 is 5.91 Å². The summed E-state index contributed by atoms with van der Waals surface area (Å²) in [5.74, 6) is 0.181. The molecule has 0 bridgehead atoms. The molecule has 0 aliphatic heterocycles. The van der Waals surface area contributed by atoms with Crippen LogP contribution in [0.1, 0.15) is 51.1 Å². The molecule has 0 heterocycles. The Morgan fingerprint density at radius 2 is 2.05 bits per heavy atom. The summed E-state index contributed by atoms with van der Waals surface area (Å²) in [5.41, 5.74) is 6.07. The third kappa shape index (κ3) is 5.29. The van der Waals surface area contributed by atoms with E-state index in [1.165, 1.54) is 6.07 Å². The van der Waals surface area contributed by atoms with Crippen LogP contribution in [0.25, 0.3) is 0 Å². The van der Waals surface area contributed by atoms with Crippen molar-refractivity contribution in [2.75, 3.05) is 6.54 Å². The molecule has 1 amide bonds. The van der Waals surface area contributed by atoms with Gasteiger partial charge < -0.3 is 11.1 Å². The normalized spacial score (nSPS) is 13.8. The fourth-order valence-electron chi connectivity index (χ4n) is 2.34. The summed E-state index contributed by atoms with van der Waals surface area (Å²) in [5, 5.41) is 2.85. The quantitative estimate of drug-likeness (QED) is 0.768. The van der Waals surface area contributed by atoms with E-state index in [1.54, 1.807) is 25.1 Å². The molecule has 2 atom stereocenters. The first-order valence-corrected chi connectivity index (χ1v) is 7.32. The second kappa shape index (κ2) is 8.69. The fourth-order valence-corrected chi connectivity index (χ4v) is 2.34. The van der Waals surface area contributed by atoms with Gasteiger partial charge in [-0.25, -0.2) is 4.39 Å². The molecule has 0 saturated carbocycles. The van der Waals surface area contributed by atoms with E-state index in [1.807, 2.05) is 0 Å². The van der Waals surface area contributed by atoms with Crippen LogP contribution in [0.4, 0.5) is 4.39 Å². The van der Waals surface area contributed by atoms with E-state index < -0.39 is 0 Å². The van der Waals surface area contributed by atoms with Crippen molar-refractivity contribution in [3.05, 3.63) is 35.6 Å². The Bertz CT molecular complexity index is 423. The summed E-state index contributed by atoms with van der Waals surface area (Å²) in [6, 6.07) is 6.22. The molecule has 0 saturated heterocycles. The molecule has 0 radical (unpaired) electrons. The van der Waals surface area contributed by atoms with E-state index in [9.17, 15) is 9.18 Å². The van der Waals surface area contributed by atoms with Gasteiger partial charge in [0, 0.05) is 12.0 Å². The van der Waals surface area contributed by atoms with Gasteiger partial charge in [0.1, 0.15) is 5.82 Å². The van der Waals surface area contributed by atoms with Crippen LogP contribution in [0.15, 0.2) is 24.3 Å². The van der Waals surface area contributed by atoms with Gasteiger partial charge in [-0.3, -0.25) is 4.79 Å². The monoisotopic (exact) mass is 280 g/mol. The average Bonchev–Trinajstić information content (AvgIpc) is 2.43. The summed E-state index contributed by atoms with van der Waals surface area (Å²) in [6.45, 7) is 4.57. The summed E-state index contributed by atoms with van der Waals surface area (Å²) in [7, 11) is 0. The van der Waals surface area contributed by atoms with E-state index in [2.05, 4.69) is 12.2 Å². The molecule has 0 aliphatic carbocycles. The number of carbonyl (C=O) groups is 1. The number of halogens is 1. The summed E-state index contributed by atoms with van der Waals surface area (Å²) in [6.07, 6.45) is 3.29. The Balaban J connectivity index is 2.44. The van der Waals surface area contributed by atoms with E-state index >= 15 is 0 Å². The smallest absolute Gasteiger partial charge is 0.220 e. The van der Waals surface area contributed by atoms with Crippen LogP contribution in [0, 0.1) is 11.7 Å². The molecule has 0 fully saturated rings. The van der Waals surface area contributed by atoms with Crippen molar-refractivity contribution in [3.8, 4) is 0 Å². The molecule has 20 heavy (non-hydrogen) atoms. The van der Waals surface area contributed by atoms with Gasteiger partial charge in [-0.2, -0.15) is 0 Å². The molecule has 1 aromatic rings. The number of nitrogens with one attached hydrogen (secondary N) is 1. The van der Waals surface area contributed by atoms with Gasteiger partial charge in [-0.1, -0.05) is 31.5 Å². The van der Waals surface area contributed by atoms with E-state index in [4.69, 9.17) is 5.73 Å². The number of amides is 1. The lowest BCUT2D eigenvalue weighted by Gasteiger charge is -2.17. The van der Waals surface area contributed by atoms with Gasteiger partial charge in [0.2, 0.25) is 5.91 Å². The predicted octanol–water partition coefficient (Wildman–Crippen LogP) is 3.16. The second-order valence-corrected chi connectivity index (χ2v) is 5.20. The number of carbonyl (C=O) groups excluding carboxylic acids is 1.